The molecule has 0 spiro atoms. The minimum absolute atomic E-state index is 0.0677. The highest BCUT2D eigenvalue weighted by atomic mass is 35.5. The van der Waals surface area contributed by atoms with Crippen LogP contribution in [0.25, 0.3) is 0 Å². The number of benzene rings is 3. The maximum atomic E-state index is 10.3. The van der Waals surface area contributed by atoms with Crippen LogP contribution in [0.3, 0.4) is 0 Å². The van der Waals surface area contributed by atoms with E-state index in [4.69, 9.17) is 23.2 Å². The van der Waals surface area contributed by atoms with E-state index in [0.29, 0.717) is 11.1 Å². The summed E-state index contributed by atoms with van der Waals surface area (Å²) in [6, 6.07) is 14.3. The van der Waals surface area contributed by atoms with E-state index in [0.717, 1.165) is 17.7 Å². The van der Waals surface area contributed by atoms with Gasteiger partial charge in [0.05, 0.1) is 10.0 Å². The molecule has 0 saturated carbocycles. The Morgan fingerprint density at radius 2 is 1.04 bits per heavy atom. The molecule has 3 rings (SSSR count). The Morgan fingerprint density at radius 3 is 1.48 bits per heavy atom. The molecule has 0 aliphatic carbocycles. The van der Waals surface area contributed by atoms with Gasteiger partial charge in [0.15, 0.2) is 0 Å². The second-order valence-corrected chi connectivity index (χ2v) is 6.38. The molecule has 3 aromatic rings. The van der Waals surface area contributed by atoms with Crippen molar-refractivity contribution in [2.24, 2.45) is 0 Å². The minimum Gasteiger partial charge on any atom is -0.507 e. The van der Waals surface area contributed by atoms with Gasteiger partial charge < -0.3 is 20.4 Å². The van der Waals surface area contributed by atoms with Gasteiger partial charge in [-0.05, 0) is 17.7 Å². The molecule has 0 fully saturated rings. The van der Waals surface area contributed by atoms with Crippen molar-refractivity contribution in [2.45, 2.75) is 5.92 Å². The molecule has 128 valence electrons. The number of phenolic OH excluding ortho intramolecular Hbond substituents is 4. The van der Waals surface area contributed by atoms with Crippen molar-refractivity contribution in [3.63, 3.8) is 0 Å². The predicted molar refractivity (Wildman–Crippen MR) is 97.0 cm³/mol. The van der Waals surface area contributed by atoms with Crippen molar-refractivity contribution < 1.29 is 20.4 Å². The van der Waals surface area contributed by atoms with Crippen LogP contribution in [0.1, 0.15) is 22.6 Å². The highest BCUT2D eigenvalue weighted by Crippen LogP contribution is 2.45. The zero-order chi connectivity index (χ0) is 18.1. The van der Waals surface area contributed by atoms with Gasteiger partial charge >= 0.3 is 0 Å². The summed E-state index contributed by atoms with van der Waals surface area (Å²) in [5.74, 6) is -1.47. The van der Waals surface area contributed by atoms with Crippen LogP contribution in [0.15, 0.2) is 54.6 Å². The second-order valence-electron chi connectivity index (χ2n) is 5.57. The molecule has 0 radical (unpaired) electrons. The molecular weight excluding hydrogens is 363 g/mol. The molecule has 25 heavy (non-hydrogen) atoms. The lowest BCUT2D eigenvalue weighted by Crippen LogP contribution is -2.04. The Hall–Kier alpha value is -2.56. The number of halogens is 2. The van der Waals surface area contributed by atoms with Crippen LogP contribution in [-0.2, 0) is 0 Å². The summed E-state index contributed by atoms with van der Waals surface area (Å²) >= 11 is 12.0. The van der Waals surface area contributed by atoms with Crippen molar-refractivity contribution in [1.82, 2.24) is 0 Å². The Balaban J connectivity index is 2.29. The van der Waals surface area contributed by atoms with Crippen LogP contribution in [0.5, 0.6) is 23.0 Å². The van der Waals surface area contributed by atoms with E-state index in [9.17, 15) is 20.4 Å². The molecule has 3 aromatic carbocycles. The molecule has 0 unspecified atom stereocenters. The van der Waals surface area contributed by atoms with Crippen LogP contribution in [0.4, 0.5) is 0 Å². The fourth-order valence-electron chi connectivity index (χ4n) is 2.77. The van der Waals surface area contributed by atoms with Crippen LogP contribution < -0.4 is 0 Å². The van der Waals surface area contributed by atoms with Gasteiger partial charge in [-0.1, -0.05) is 53.5 Å². The summed E-state index contributed by atoms with van der Waals surface area (Å²) in [6.07, 6.45) is 0. The van der Waals surface area contributed by atoms with E-state index in [1.807, 2.05) is 30.3 Å². The lowest BCUT2D eigenvalue weighted by molar-refractivity contribution is 0.440. The Morgan fingerprint density at radius 1 is 0.600 bits per heavy atom. The second kappa shape index (κ2) is 6.75. The van der Waals surface area contributed by atoms with E-state index in [-0.39, 0.29) is 33.0 Å². The van der Waals surface area contributed by atoms with Crippen molar-refractivity contribution in [3.05, 3.63) is 81.3 Å². The van der Waals surface area contributed by atoms with Gasteiger partial charge in [0.2, 0.25) is 0 Å². The Kier molecular flexibility index (Phi) is 4.66. The summed E-state index contributed by atoms with van der Waals surface area (Å²) in [5, 5.41) is 40.2. The largest absolute Gasteiger partial charge is 0.507 e. The summed E-state index contributed by atoms with van der Waals surface area (Å²) in [5.41, 5.74) is 1.52. The van der Waals surface area contributed by atoms with Gasteiger partial charge in [0.1, 0.15) is 23.0 Å². The molecule has 0 amide bonds. The predicted octanol–water partition coefficient (Wildman–Crippen LogP) is 5.00. The first kappa shape index (κ1) is 17.3. The molecule has 0 atom stereocenters. The monoisotopic (exact) mass is 376 g/mol. The number of rotatable bonds is 3. The van der Waals surface area contributed by atoms with Gasteiger partial charge in [-0.2, -0.15) is 0 Å². The maximum Gasteiger partial charge on any atom is 0.137 e. The quantitative estimate of drug-likeness (QED) is 0.485. The zero-order valence-corrected chi connectivity index (χ0v) is 14.3. The highest BCUT2D eigenvalue weighted by molar-refractivity contribution is 6.32. The van der Waals surface area contributed by atoms with Gasteiger partial charge in [-0.3, -0.25) is 0 Å². The summed E-state index contributed by atoms with van der Waals surface area (Å²) < 4.78 is 0. The Bertz CT molecular complexity index is 869. The van der Waals surface area contributed by atoms with E-state index in [1.54, 1.807) is 0 Å². The number of hydrogen-bond donors (Lipinski definition) is 4. The molecule has 0 saturated heterocycles. The third kappa shape index (κ3) is 3.31. The lowest BCUT2D eigenvalue weighted by atomic mass is 9.84. The molecule has 0 aromatic heterocycles. The molecular formula is C19H14Cl2O4. The van der Waals surface area contributed by atoms with Crippen molar-refractivity contribution >= 4 is 23.2 Å². The number of hydrogen-bond acceptors (Lipinski definition) is 4. The van der Waals surface area contributed by atoms with E-state index in [1.165, 1.54) is 12.1 Å². The van der Waals surface area contributed by atoms with Gasteiger partial charge in [0.25, 0.3) is 0 Å². The average molecular weight is 377 g/mol. The van der Waals surface area contributed by atoms with E-state index in [2.05, 4.69) is 0 Å². The first-order valence-electron chi connectivity index (χ1n) is 7.36. The third-order valence-electron chi connectivity index (χ3n) is 3.95. The van der Waals surface area contributed by atoms with Crippen molar-refractivity contribution in [3.8, 4) is 23.0 Å². The minimum atomic E-state index is -0.614. The van der Waals surface area contributed by atoms with Crippen LogP contribution in [-0.4, -0.2) is 20.4 Å². The summed E-state index contributed by atoms with van der Waals surface area (Å²) in [4.78, 5) is 0. The van der Waals surface area contributed by atoms with Crippen LogP contribution >= 0.6 is 23.2 Å². The van der Waals surface area contributed by atoms with Crippen LogP contribution in [0, 0.1) is 0 Å². The maximum absolute atomic E-state index is 10.3. The fraction of sp³-hybridized carbons (Fsp3) is 0.0526. The molecule has 0 heterocycles. The summed E-state index contributed by atoms with van der Waals surface area (Å²) in [7, 11) is 0. The first-order chi connectivity index (χ1) is 11.9. The fourth-order valence-corrected chi connectivity index (χ4v) is 3.11. The normalized spacial score (nSPS) is 11.0. The topological polar surface area (TPSA) is 80.9 Å². The van der Waals surface area contributed by atoms with Crippen molar-refractivity contribution in [1.29, 1.82) is 0 Å². The average Bonchev–Trinajstić information content (AvgIpc) is 2.58. The van der Waals surface area contributed by atoms with Gasteiger partial charge in [0, 0.05) is 29.2 Å². The summed E-state index contributed by atoms with van der Waals surface area (Å²) in [6.45, 7) is 0. The third-order valence-corrected chi connectivity index (χ3v) is 4.55. The van der Waals surface area contributed by atoms with E-state index >= 15 is 0 Å². The highest BCUT2D eigenvalue weighted by Gasteiger charge is 2.25. The van der Waals surface area contributed by atoms with Gasteiger partial charge in [-0.15, -0.1) is 0 Å². The molecule has 4 nitrogen and oxygen atoms in total. The van der Waals surface area contributed by atoms with Crippen molar-refractivity contribution in [2.75, 3.05) is 0 Å². The molecule has 0 bridgehead atoms. The van der Waals surface area contributed by atoms with Gasteiger partial charge in [-0.25, -0.2) is 0 Å². The molecule has 6 heteroatoms. The molecule has 4 N–H and O–H groups in total. The standard InChI is InChI=1S/C19H14Cl2O4/c20-13-6-11(15(22)8-17(13)24)19(10-4-2-1-3-5-10)12-7-14(21)18(25)9-16(12)23/h1-9,19,22-25H. The molecule has 0 aliphatic rings. The number of phenols is 4. The lowest BCUT2D eigenvalue weighted by Gasteiger charge is -2.22. The Labute approximate surface area is 154 Å². The number of aromatic hydroxyl groups is 4. The first-order valence-corrected chi connectivity index (χ1v) is 8.11. The zero-order valence-electron chi connectivity index (χ0n) is 12.8. The SMILES string of the molecule is Oc1cc(O)c(C(c2ccccc2)c2cc(Cl)c(O)cc2O)cc1Cl. The smallest absolute Gasteiger partial charge is 0.137 e. The van der Waals surface area contributed by atoms with E-state index < -0.39 is 5.92 Å². The molecule has 0 aliphatic heterocycles. The van der Waals surface area contributed by atoms with Crippen LogP contribution in [0.2, 0.25) is 10.0 Å².